The van der Waals surface area contributed by atoms with Crippen molar-refractivity contribution in [3.63, 3.8) is 0 Å². The van der Waals surface area contributed by atoms with Gasteiger partial charge in [-0.2, -0.15) is 0 Å². The summed E-state index contributed by atoms with van der Waals surface area (Å²) in [6.07, 6.45) is 1.57. The zero-order chi connectivity index (χ0) is 14.5. The van der Waals surface area contributed by atoms with Gasteiger partial charge in [0.2, 0.25) is 0 Å². The summed E-state index contributed by atoms with van der Waals surface area (Å²) in [5.41, 5.74) is 1.57. The Morgan fingerprint density at radius 1 is 1.25 bits per heavy atom. The van der Waals surface area contributed by atoms with Crippen LogP contribution in [0.3, 0.4) is 0 Å². The molecule has 20 heavy (non-hydrogen) atoms. The van der Waals surface area contributed by atoms with E-state index in [-0.39, 0.29) is 5.91 Å². The molecule has 0 saturated heterocycles. The fourth-order valence-electron chi connectivity index (χ4n) is 1.71. The van der Waals surface area contributed by atoms with E-state index in [2.05, 4.69) is 10.3 Å². The first kappa shape index (κ1) is 14.3. The average Bonchev–Trinajstić information content (AvgIpc) is 2.46. The van der Waals surface area contributed by atoms with E-state index >= 15 is 0 Å². The second-order valence-corrected chi connectivity index (χ2v) is 4.98. The Bertz CT molecular complexity index is 596. The monoisotopic (exact) mass is 289 g/mol. The molecule has 1 aromatic heterocycles. The fourth-order valence-corrected chi connectivity index (χ4v) is 1.91. The fraction of sp³-hybridized carbons (Fsp3) is 0.200. The van der Waals surface area contributed by atoms with Crippen molar-refractivity contribution in [2.45, 2.75) is 6.54 Å². The Morgan fingerprint density at radius 2 is 2.00 bits per heavy atom. The highest BCUT2D eigenvalue weighted by Gasteiger charge is 2.08. The minimum Gasteiger partial charge on any atom is -0.366 e. The highest BCUT2D eigenvalue weighted by atomic mass is 35.5. The van der Waals surface area contributed by atoms with E-state index in [0.717, 1.165) is 10.6 Å². The number of pyridine rings is 1. The standard InChI is InChI=1S/C15H16ClN3O/c1-19(2)15(20)12-7-8-14(18-10-12)17-9-11-5-3-4-6-13(11)16/h3-8,10H,9H2,1-2H3,(H,17,18). The van der Waals surface area contributed by atoms with Crippen molar-refractivity contribution in [1.82, 2.24) is 9.88 Å². The van der Waals surface area contributed by atoms with Gasteiger partial charge in [0.05, 0.1) is 5.56 Å². The maximum Gasteiger partial charge on any atom is 0.254 e. The molecule has 2 aromatic rings. The van der Waals surface area contributed by atoms with Crippen LogP contribution in [0.4, 0.5) is 5.82 Å². The minimum absolute atomic E-state index is 0.0600. The summed E-state index contributed by atoms with van der Waals surface area (Å²) in [6, 6.07) is 11.2. The Kier molecular flexibility index (Phi) is 4.58. The van der Waals surface area contributed by atoms with Gasteiger partial charge in [0.1, 0.15) is 5.82 Å². The summed E-state index contributed by atoms with van der Waals surface area (Å²) < 4.78 is 0. The zero-order valence-electron chi connectivity index (χ0n) is 11.4. The normalized spacial score (nSPS) is 10.2. The molecule has 5 heteroatoms. The molecule has 0 aliphatic rings. The highest BCUT2D eigenvalue weighted by Crippen LogP contribution is 2.16. The zero-order valence-corrected chi connectivity index (χ0v) is 12.2. The topological polar surface area (TPSA) is 45.2 Å². The van der Waals surface area contributed by atoms with Gasteiger partial charge in [0.25, 0.3) is 5.91 Å². The molecule has 0 unspecified atom stereocenters. The Labute approximate surface area is 123 Å². The molecule has 1 N–H and O–H groups in total. The van der Waals surface area contributed by atoms with Crippen molar-refractivity contribution >= 4 is 23.3 Å². The molecule has 2 rings (SSSR count). The number of nitrogens with zero attached hydrogens (tertiary/aromatic N) is 2. The molecule has 0 atom stereocenters. The number of halogens is 1. The van der Waals surface area contributed by atoms with Gasteiger partial charge in [-0.1, -0.05) is 29.8 Å². The van der Waals surface area contributed by atoms with E-state index < -0.39 is 0 Å². The quantitative estimate of drug-likeness (QED) is 0.941. The number of hydrogen-bond acceptors (Lipinski definition) is 3. The number of amides is 1. The largest absolute Gasteiger partial charge is 0.366 e. The molecule has 4 nitrogen and oxygen atoms in total. The second kappa shape index (κ2) is 6.39. The van der Waals surface area contributed by atoms with E-state index in [4.69, 9.17) is 11.6 Å². The predicted molar refractivity (Wildman–Crippen MR) is 81.0 cm³/mol. The molecule has 1 heterocycles. The molecule has 0 saturated carbocycles. The van der Waals surface area contributed by atoms with E-state index in [0.29, 0.717) is 17.9 Å². The highest BCUT2D eigenvalue weighted by molar-refractivity contribution is 6.31. The number of rotatable bonds is 4. The first-order valence-corrected chi connectivity index (χ1v) is 6.60. The predicted octanol–water partition coefficient (Wildman–Crippen LogP) is 3.05. The number of carbonyl (C=O) groups excluding carboxylic acids is 1. The molecule has 0 spiro atoms. The van der Waals surface area contributed by atoms with Crippen LogP contribution < -0.4 is 5.32 Å². The Hall–Kier alpha value is -2.07. The lowest BCUT2D eigenvalue weighted by molar-refractivity contribution is 0.0827. The Morgan fingerprint density at radius 3 is 2.60 bits per heavy atom. The average molecular weight is 290 g/mol. The van der Waals surface area contributed by atoms with Gasteiger partial charge in [0, 0.05) is 31.9 Å². The first-order chi connectivity index (χ1) is 9.58. The molecule has 0 fully saturated rings. The van der Waals surface area contributed by atoms with Crippen LogP contribution in [0, 0.1) is 0 Å². The maximum absolute atomic E-state index is 11.7. The summed E-state index contributed by atoms with van der Waals surface area (Å²) in [7, 11) is 3.43. The van der Waals surface area contributed by atoms with Crippen molar-refractivity contribution in [1.29, 1.82) is 0 Å². The number of aromatic nitrogens is 1. The summed E-state index contributed by atoms with van der Waals surface area (Å²) in [4.78, 5) is 17.5. The minimum atomic E-state index is -0.0600. The molecule has 1 amide bonds. The molecule has 1 aromatic carbocycles. The number of nitrogens with one attached hydrogen (secondary N) is 1. The number of hydrogen-bond donors (Lipinski definition) is 1. The van der Waals surface area contributed by atoms with Gasteiger partial charge >= 0.3 is 0 Å². The van der Waals surface area contributed by atoms with Crippen molar-refractivity contribution in [3.05, 3.63) is 58.7 Å². The van der Waals surface area contributed by atoms with Gasteiger partial charge in [0.15, 0.2) is 0 Å². The van der Waals surface area contributed by atoms with Gasteiger partial charge in [-0.25, -0.2) is 4.98 Å². The van der Waals surface area contributed by atoms with Crippen LogP contribution in [0.5, 0.6) is 0 Å². The van der Waals surface area contributed by atoms with Crippen molar-refractivity contribution in [3.8, 4) is 0 Å². The van der Waals surface area contributed by atoms with Crippen LogP contribution in [-0.2, 0) is 6.54 Å². The van der Waals surface area contributed by atoms with Crippen LogP contribution in [0.25, 0.3) is 0 Å². The summed E-state index contributed by atoms with van der Waals surface area (Å²) >= 11 is 6.08. The van der Waals surface area contributed by atoms with Gasteiger partial charge in [-0.15, -0.1) is 0 Å². The second-order valence-electron chi connectivity index (χ2n) is 4.58. The number of benzene rings is 1. The lowest BCUT2D eigenvalue weighted by Crippen LogP contribution is -2.21. The molecular weight excluding hydrogens is 274 g/mol. The van der Waals surface area contributed by atoms with E-state index in [9.17, 15) is 4.79 Å². The van der Waals surface area contributed by atoms with E-state index in [1.165, 1.54) is 4.90 Å². The molecule has 0 bridgehead atoms. The van der Waals surface area contributed by atoms with Gasteiger partial charge < -0.3 is 10.2 Å². The van der Waals surface area contributed by atoms with Gasteiger partial charge in [-0.3, -0.25) is 4.79 Å². The Balaban J connectivity index is 2.01. The third-order valence-corrected chi connectivity index (χ3v) is 3.20. The number of anilines is 1. The summed E-state index contributed by atoms with van der Waals surface area (Å²) in [5.74, 6) is 0.648. The smallest absolute Gasteiger partial charge is 0.254 e. The van der Waals surface area contributed by atoms with Gasteiger partial charge in [-0.05, 0) is 23.8 Å². The third-order valence-electron chi connectivity index (χ3n) is 2.83. The van der Waals surface area contributed by atoms with E-state index in [1.54, 1.807) is 32.4 Å². The van der Waals surface area contributed by atoms with Crippen LogP contribution in [-0.4, -0.2) is 29.9 Å². The number of carbonyl (C=O) groups is 1. The molecule has 0 radical (unpaired) electrons. The van der Waals surface area contributed by atoms with Crippen molar-refractivity contribution in [2.24, 2.45) is 0 Å². The SMILES string of the molecule is CN(C)C(=O)c1ccc(NCc2ccccc2Cl)nc1. The first-order valence-electron chi connectivity index (χ1n) is 6.23. The summed E-state index contributed by atoms with van der Waals surface area (Å²) in [5, 5.41) is 3.90. The molecular formula is C15H16ClN3O. The van der Waals surface area contributed by atoms with Crippen molar-refractivity contribution in [2.75, 3.05) is 19.4 Å². The lowest BCUT2D eigenvalue weighted by atomic mass is 10.2. The van der Waals surface area contributed by atoms with Crippen LogP contribution >= 0.6 is 11.6 Å². The lowest BCUT2D eigenvalue weighted by Gasteiger charge is -2.11. The third kappa shape index (κ3) is 3.48. The van der Waals surface area contributed by atoms with E-state index in [1.807, 2.05) is 24.3 Å². The van der Waals surface area contributed by atoms with Crippen LogP contribution in [0.2, 0.25) is 5.02 Å². The maximum atomic E-state index is 11.7. The summed E-state index contributed by atoms with van der Waals surface area (Å²) in [6.45, 7) is 0.591. The molecule has 104 valence electrons. The van der Waals surface area contributed by atoms with Crippen LogP contribution in [0.1, 0.15) is 15.9 Å². The van der Waals surface area contributed by atoms with Crippen molar-refractivity contribution < 1.29 is 4.79 Å². The molecule has 0 aliphatic carbocycles. The molecule has 0 aliphatic heterocycles. The van der Waals surface area contributed by atoms with Crippen LogP contribution in [0.15, 0.2) is 42.6 Å².